The van der Waals surface area contributed by atoms with Gasteiger partial charge >= 0.3 is 6.03 Å². The molecule has 0 fully saturated rings. The molecule has 1 N–H and O–H groups in total. The SMILES string of the molecule is COc1ccc(Cl)cc1NC(=O)N(CCCl)N=O. The number of hydrogen-bond donors (Lipinski definition) is 1. The largest absolute Gasteiger partial charge is 0.495 e. The maximum absolute atomic E-state index is 11.7. The maximum Gasteiger partial charge on any atom is 0.344 e. The number of ether oxygens (including phenoxy) is 1. The summed E-state index contributed by atoms with van der Waals surface area (Å²) in [5.74, 6) is 0.524. The summed E-state index contributed by atoms with van der Waals surface area (Å²) < 4.78 is 5.05. The summed E-state index contributed by atoms with van der Waals surface area (Å²) >= 11 is 11.2. The molecule has 0 saturated carbocycles. The number of nitroso groups, excluding NO2 is 1. The predicted molar refractivity (Wildman–Crippen MR) is 70.2 cm³/mol. The van der Waals surface area contributed by atoms with Crippen LogP contribution in [0.5, 0.6) is 5.75 Å². The molecule has 0 saturated heterocycles. The number of rotatable bonds is 5. The van der Waals surface area contributed by atoms with Gasteiger partial charge in [0.05, 0.1) is 24.6 Å². The van der Waals surface area contributed by atoms with E-state index in [0.717, 1.165) is 0 Å². The van der Waals surface area contributed by atoms with Crippen molar-refractivity contribution in [3.8, 4) is 5.75 Å². The van der Waals surface area contributed by atoms with Gasteiger partial charge in [0.2, 0.25) is 0 Å². The number of nitrogens with zero attached hydrogens (tertiary/aromatic N) is 2. The molecule has 0 aliphatic rings. The minimum atomic E-state index is -0.703. The highest BCUT2D eigenvalue weighted by molar-refractivity contribution is 6.31. The molecule has 1 rings (SSSR count). The molecule has 0 unspecified atom stereocenters. The highest BCUT2D eigenvalue weighted by Crippen LogP contribution is 2.27. The van der Waals surface area contributed by atoms with Crippen molar-refractivity contribution in [2.24, 2.45) is 5.29 Å². The Labute approximate surface area is 114 Å². The van der Waals surface area contributed by atoms with Gasteiger partial charge in [-0.15, -0.1) is 16.5 Å². The van der Waals surface area contributed by atoms with Crippen LogP contribution in [0.25, 0.3) is 0 Å². The second-order valence-electron chi connectivity index (χ2n) is 3.17. The van der Waals surface area contributed by atoms with Gasteiger partial charge in [-0.05, 0) is 18.2 Å². The minimum Gasteiger partial charge on any atom is -0.495 e. The molecule has 0 aliphatic carbocycles. The van der Waals surface area contributed by atoms with E-state index in [4.69, 9.17) is 27.9 Å². The van der Waals surface area contributed by atoms with Gasteiger partial charge < -0.3 is 10.1 Å². The fourth-order valence-electron chi connectivity index (χ4n) is 1.22. The molecule has 6 nitrogen and oxygen atoms in total. The Hall–Kier alpha value is -1.53. The maximum atomic E-state index is 11.7. The summed E-state index contributed by atoms with van der Waals surface area (Å²) in [6.45, 7) is 0.0137. The smallest absolute Gasteiger partial charge is 0.344 e. The molecule has 0 heterocycles. The average molecular weight is 292 g/mol. The topological polar surface area (TPSA) is 71.0 Å². The Bertz CT molecular complexity index is 442. The zero-order valence-corrected chi connectivity index (χ0v) is 11.0. The number of amides is 2. The first-order chi connectivity index (χ1) is 8.62. The summed E-state index contributed by atoms with van der Waals surface area (Å²) in [5.41, 5.74) is 0.346. The van der Waals surface area contributed by atoms with Crippen LogP contribution in [0.2, 0.25) is 5.02 Å². The van der Waals surface area contributed by atoms with Crippen LogP contribution in [-0.4, -0.2) is 30.6 Å². The monoisotopic (exact) mass is 291 g/mol. The zero-order chi connectivity index (χ0) is 13.5. The fourth-order valence-corrected chi connectivity index (χ4v) is 1.55. The van der Waals surface area contributed by atoms with Gasteiger partial charge in [0.15, 0.2) is 0 Å². The molecule has 2 amide bonds. The Morgan fingerprint density at radius 3 is 2.83 bits per heavy atom. The van der Waals surface area contributed by atoms with Crippen molar-refractivity contribution in [3.63, 3.8) is 0 Å². The molecule has 1 aromatic rings. The first-order valence-corrected chi connectivity index (χ1v) is 5.85. The zero-order valence-electron chi connectivity index (χ0n) is 9.52. The molecule has 8 heteroatoms. The Balaban J connectivity index is 2.86. The van der Waals surface area contributed by atoms with Crippen molar-refractivity contribution in [2.45, 2.75) is 0 Å². The van der Waals surface area contributed by atoms with Gasteiger partial charge in [-0.25, -0.2) is 4.79 Å². The van der Waals surface area contributed by atoms with Crippen molar-refractivity contribution in [2.75, 3.05) is 24.9 Å². The Morgan fingerprint density at radius 2 is 2.28 bits per heavy atom. The molecule has 0 radical (unpaired) electrons. The second kappa shape index (κ2) is 7.03. The molecule has 98 valence electrons. The van der Waals surface area contributed by atoms with Gasteiger partial charge in [-0.1, -0.05) is 11.6 Å². The van der Waals surface area contributed by atoms with E-state index >= 15 is 0 Å². The van der Waals surface area contributed by atoms with Crippen LogP contribution >= 0.6 is 23.2 Å². The molecular weight excluding hydrogens is 281 g/mol. The van der Waals surface area contributed by atoms with Crippen LogP contribution in [0.1, 0.15) is 0 Å². The van der Waals surface area contributed by atoms with Crippen LogP contribution in [0.15, 0.2) is 23.5 Å². The molecule has 0 aromatic heterocycles. The molecular formula is C10H11Cl2N3O3. The molecule has 0 aliphatic heterocycles. The van der Waals surface area contributed by atoms with Crippen LogP contribution in [0, 0.1) is 4.91 Å². The molecule has 1 aromatic carbocycles. The second-order valence-corrected chi connectivity index (χ2v) is 3.98. The van der Waals surface area contributed by atoms with Gasteiger partial charge in [-0.2, -0.15) is 5.01 Å². The van der Waals surface area contributed by atoms with E-state index in [0.29, 0.717) is 21.5 Å². The summed E-state index contributed by atoms with van der Waals surface area (Å²) in [6, 6.07) is 4.01. The van der Waals surface area contributed by atoms with Gasteiger partial charge in [0.25, 0.3) is 0 Å². The number of anilines is 1. The van der Waals surface area contributed by atoms with Crippen LogP contribution in [0.3, 0.4) is 0 Å². The number of carbonyl (C=O) groups is 1. The number of hydrogen-bond acceptors (Lipinski definition) is 4. The van der Waals surface area contributed by atoms with E-state index in [1.165, 1.54) is 13.2 Å². The third kappa shape index (κ3) is 3.75. The third-order valence-corrected chi connectivity index (χ3v) is 2.44. The lowest BCUT2D eigenvalue weighted by Gasteiger charge is -2.15. The predicted octanol–water partition coefficient (Wildman–Crippen LogP) is 3.10. The number of halogens is 2. The van der Waals surface area contributed by atoms with E-state index in [2.05, 4.69) is 10.6 Å². The first-order valence-electron chi connectivity index (χ1n) is 4.93. The molecule has 0 atom stereocenters. The number of alkyl halides is 1. The number of benzene rings is 1. The molecule has 0 spiro atoms. The van der Waals surface area contributed by atoms with Crippen LogP contribution in [-0.2, 0) is 0 Å². The van der Waals surface area contributed by atoms with E-state index in [-0.39, 0.29) is 12.4 Å². The highest BCUT2D eigenvalue weighted by atomic mass is 35.5. The van der Waals surface area contributed by atoms with E-state index in [9.17, 15) is 9.70 Å². The lowest BCUT2D eigenvalue weighted by Crippen LogP contribution is -2.31. The standard InChI is InChI=1S/C10H11Cl2N3O3/c1-18-9-3-2-7(12)6-8(9)13-10(16)15(14-17)5-4-11/h2-3,6H,4-5H2,1H3,(H,13,16). The van der Waals surface area contributed by atoms with Crippen LogP contribution < -0.4 is 10.1 Å². The number of methoxy groups -OCH3 is 1. The van der Waals surface area contributed by atoms with E-state index in [1.807, 2.05) is 0 Å². The minimum absolute atomic E-state index is 0.0137. The summed E-state index contributed by atoms with van der Waals surface area (Å²) in [5, 5.41) is 6.13. The third-order valence-electron chi connectivity index (χ3n) is 2.03. The normalized spacial score (nSPS) is 9.72. The molecule has 0 bridgehead atoms. The highest BCUT2D eigenvalue weighted by Gasteiger charge is 2.15. The van der Waals surface area contributed by atoms with Crippen molar-refractivity contribution in [1.29, 1.82) is 0 Å². The summed E-state index contributed by atoms with van der Waals surface area (Å²) in [4.78, 5) is 22.1. The first kappa shape index (κ1) is 14.5. The number of nitrogens with one attached hydrogen (secondary N) is 1. The average Bonchev–Trinajstić information content (AvgIpc) is 2.36. The lowest BCUT2D eigenvalue weighted by molar-refractivity contribution is 0.216. The van der Waals surface area contributed by atoms with E-state index < -0.39 is 6.03 Å². The Morgan fingerprint density at radius 1 is 1.56 bits per heavy atom. The fraction of sp³-hybridized carbons (Fsp3) is 0.300. The Kier molecular flexibility index (Phi) is 5.67. The van der Waals surface area contributed by atoms with Crippen molar-refractivity contribution in [3.05, 3.63) is 28.1 Å². The quantitative estimate of drug-likeness (QED) is 0.515. The van der Waals surface area contributed by atoms with Crippen molar-refractivity contribution < 1.29 is 9.53 Å². The number of carbonyl (C=O) groups excluding carboxylic acids is 1. The summed E-state index contributed by atoms with van der Waals surface area (Å²) in [7, 11) is 1.45. The number of urea groups is 1. The van der Waals surface area contributed by atoms with Crippen molar-refractivity contribution >= 4 is 34.9 Å². The van der Waals surface area contributed by atoms with Gasteiger partial charge in [0, 0.05) is 10.9 Å². The lowest BCUT2D eigenvalue weighted by atomic mass is 10.3. The molecule has 18 heavy (non-hydrogen) atoms. The van der Waals surface area contributed by atoms with Gasteiger partial charge in [0.1, 0.15) is 5.75 Å². The van der Waals surface area contributed by atoms with E-state index in [1.54, 1.807) is 12.1 Å². The van der Waals surface area contributed by atoms with Gasteiger partial charge in [-0.3, -0.25) is 0 Å². The van der Waals surface area contributed by atoms with Crippen LogP contribution in [0.4, 0.5) is 10.5 Å². The van der Waals surface area contributed by atoms with Crippen molar-refractivity contribution in [1.82, 2.24) is 5.01 Å². The summed E-state index contributed by atoms with van der Waals surface area (Å²) in [6.07, 6.45) is 0.